The molecule has 0 aliphatic carbocycles. The minimum Gasteiger partial charge on any atom is -0.501 e. The molecule has 5 heteroatoms. The third kappa shape index (κ3) is 2.42. The summed E-state index contributed by atoms with van der Waals surface area (Å²) in [5, 5.41) is 0. The van der Waals surface area contributed by atoms with Crippen LogP contribution in [0.2, 0.25) is 0 Å². The first kappa shape index (κ1) is 10.7. The fraction of sp³-hybridized carbons (Fsp3) is 0.455. The first-order valence-corrected chi connectivity index (χ1v) is 5.21. The van der Waals surface area contributed by atoms with Crippen LogP contribution in [-0.2, 0) is 27.9 Å². The predicted molar refractivity (Wildman–Crippen MR) is 56.3 cm³/mol. The quantitative estimate of drug-likeness (QED) is 0.720. The van der Waals surface area contributed by atoms with Gasteiger partial charge in [0.15, 0.2) is 0 Å². The van der Waals surface area contributed by atoms with Crippen molar-refractivity contribution in [1.82, 2.24) is 9.55 Å². The number of aromatic nitrogens is 2. The average molecular weight is 222 g/mol. The summed E-state index contributed by atoms with van der Waals surface area (Å²) in [5.41, 5.74) is 0.598. The number of ether oxygens (including phenoxy) is 2. The summed E-state index contributed by atoms with van der Waals surface area (Å²) < 4.78 is 12.0. The highest BCUT2D eigenvalue weighted by Crippen LogP contribution is 2.13. The Morgan fingerprint density at radius 3 is 3.19 bits per heavy atom. The van der Waals surface area contributed by atoms with E-state index in [0.717, 1.165) is 18.7 Å². The lowest BCUT2D eigenvalue weighted by atomic mass is 10.1. The highest BCUT2D eigenvalue weighted by atomic mass is 16.5. The van der Waals surface area contributed by atoms with Crippen molar-refractivity contribution in [3.05, 3.63) is 30.1 Å². The fourth-order valence-electron chi connectivity index (χ4n) is 1.47. The Kier molecular flexibility index (Phi) is 3.24. The molecule has 1 aliphatic rings. The summed E-state index contributed by atoms with van der Waals surface area (Å²) in [4.78, 5) is 15.7. The van der Waals surface area contributed by atoms with Gasteiger partial charge < -0.3 is 14.0 Å². The van der Waals surface area contributed by atoms with Gasteiger partial charge in [-0.1, -0.05) is 0 Å². The molecule has 0 atom stereocenters. The number of aryl methyl sites for hydroxylation is 1. The molecule has 0 radical (unpaired) electrons. The van der Waals surface area contributed by atoms with Crippen LogP contribution in [0.15, 0.2) is 24.2 Å². The van der Waals surface area contributed by atoms with Gasteiger partial charge >= 0.3 is 5.97 Å². The lowest BCUT2D eigenvalue weighted by molar-refractivity contribution is -0.141. The van der Waals surface area contributed by atoms with Crippen molar-refractivity contribution < 1.29 is 14.3 Å². The first-order valence-electron chi connectivity index (χ1n) is 5.21. The summed E-state index contributed by atoms with van der Waals surface area (Å²) in [6, 6.07) is 0. The normalized spacial score (nSPS) is 15.2. The Hall–Kier alpha value is -1.78. The molecule has 5 nitrogen and oxygen atoms in total. The van der Waals surface area contributed by atoms with E-state index < -0.39 is 0 Å². The molecule has 2 heterocycles. The van der Waals surface area contributed by atoms with Crippen LogP contribution in [0, 0.1) is 0 Å². The molecule has 0 fully saturated rings. The molecule has 1 aromatic heterocycles. The molecular formula is C11H14N2O3. The molecule has 2 rings (SSSR count). The largest absolute Gasteiger partial charge is 0.501 e. The number of rotatable bonds is 3. The van der Waals surface area contributed by atoms with Crippen molar-refractivity contribution in [2.75, 3.05) is 6.61 Å². The number of imidazole rings is 1. The smallest absolute Gasteiger partial charge is 0.337 e. The van der Waals surface area contributed by atoms with E-state index in [4.69, 9.17) is 9.47 Å². The van der Waals surface area contributed by atoms with Crippen molar-refractivity contribution in [3.8, 4) is 0 Å². The van der Waals surface area contributed by atoms with Gasteiger partial charge in [-0.3, -0.25) is 0 Å². The summed E-state index contributed by atoms with van der Waals surface area (Å²) in [6.07, 6.45) is 6.56. The van der Waals surface area contributed by atoms with E-state index in [-0.39, 0.29) is 12.6 Å². The molecule has 0 unspecified atom stereocenters. The lowest BCUT2D eigenvalue weighted by Gasteiger charge is -2.12. The van der Waals surface area contributed by atoms with Gasteiger partial charge in [-0.15, -0.1) is 0 Å². The Balaban J connectivity index is 1.88. The second-order valence-corrected chi connectivity index (χ2v) is 3.65. The van der Waals surface area contributed by atoms with Crippen molar-refractivity contribution in [2.45, 2.75) is 19.4 Å². The molecule has 0 N–H and O–H groups in total. The lowest BCUT2D eigenvalue weighted by Crippen LogP contribution is -2.13. The van der Waals surface area contributed by atoms with Crippen LogP contribution in [0.5, 0.6) is 0 Å². The molecular weight excluding hydrogens is 208 g/mol. The number of hydrogen-bond donors (Lipinski definition) is 0. The first-order chi connectivity index (χ1) is 7.77. The standard InChI is InChI=1S/C11H14N2O3/c1-13-5-4-12-10(13)8-16-11(14)9-3-2-6-15-7-9/h4-5,7H,2-3,6,8H2,1H3. The van der Waals surface area contributed by atoms with Crippen molar-refractivity contribution in [1.29, 1.82) is 0 Å². The average Bonchev–Trinajstić information content (AvgIpc) is 2.73. The molecule has 0 saturated carbocycles. The van der Waals surface area contributed by atoms with Gasteiger partial charge in [-0.2, -0.15) is 0 Å². The van der Waals surface area contributed by atoms with Crippen LogP contribution < -0.4 is 0 Å². The Bertz CT molecular complexity index is 409. The van der Waals surface area contributed by atoms with Crippen LogP contribution in [0.3, 0.4) is 0 Å². The molecule has 0 spiro atoms. The molecule has 16 heavy (non-hydrogen) atoms. The zero-order chi connectivity index (χ0) is 11.4. The topological polar surface area (TPSA) is 53.4 Å². The van der Waals surface area contributed by atoms with E-state index in [1.54, 1.807) is 6.20 Å². The van der Waals surface area contributed by atoms with Gasteiger partial charge in [-0.25, -0.2) is 9.78 Å². The second kappa shape index (κ2) is 4.83. The van der Waals surface area contributed by atoms with Gasteiger partial charge in [0.1, 0.15) is 12.4 Å². The highest BCUT2D eigenvalue weighted by Gasteiger charge is 2.15. The number of esters is 1. The van der Waals surface area contributed by atoms with Gasteiger partial charge in [0.05, 0.1) is 18.4 Å². The van der Waals surface area contributed by atoms with E-state index in [0.29, 0.717) is 12.2 Å². The van der Waals surface area contributed by atoms with Gasteiger partial charge in [0.2, 0.25) is 0 Å². The van der Waals surface area contributed by atoms with Crippen LogP contribution in [0.1, 0.15) is 18.7 Å². The van der Waals surface area contributed by atoms with E-state index >= 15 is 0 Å². The third-order valence-corrected chi connectivity index (χ3v) is 2.45. The Labute approximate surface area is 93.7 Å². The molecule has 0 bridgehead atoms. The van der Waals surface area contributed by atoms with Crippen LogP contribution in [0.4, 0.5) is 0 Å². The summed E-state index contributed by atoms with van der Waals surface area (Å²) in [5.74, 6) is 0.411. The zero-order valence-electron chi connectivity index (χ0n) is 9.18. The SMILES string of the molecule is Cn1ccnc1COC(=O)C1=COCCC1. The molecule has 0 saturated heterocycles. The molecule has 0 amide bonds. The Morgan fingerprint density at radius 1 is 1.69 bits per heavy atom. The van der Waals surface area contributed by atoms with Crippen LogP contribution >= 0.6 is 0 Å². The van der Waals surface area contributed by atoms with E-state index in [1.165, 1.54) is 6.26 Å². The van der Waals surface area contributed by atoms with Crippen molar-refractivity contribution >= 4 is 5.97 Å². The second-order valence-electron chi connectivity index (χ2n) is 3.65. The zero-order valence-corrected chi connectivity index (χ0v) is 9.18. The number of nitrogens with zero attached hydrogens (tertiary/aromatic N) is 2. The maximum atomic E-state index is 11.6. The van der Waals surface area contributed by atoms with Gasteiger partial charge in [0.25, 0.3) is 0 Å². The van der Waals surface area contributed by atoms with E-state index in [1.807, 2.05) is 17.8 Å². The number of hydrogen-bond acceptors (Lipinski definition) is 4. The fourth-order valence-corrected chi connectivity index (χ4v) is 1.47. The summed E-state index contributed by atoms with van der Waals surface area (Å²) >= 11 is 0. The minimum atomic E-state index is -0.317. The van der Waals surface area contributed by atoms with Crippen molar-refractivity contribution in [2.24, 2.45) is 7.05 Å². The molecule has 1 aromatic rings. The predicted octanol–water partition coefficient (Wildman–Crippen LogP) is 1.16. The number of carbonyl (C=O) groups is 1. The molecule has 1 aliphatic heterocycles. The minimum absolute atomic E-state index is 0.194. The van der Waals surface area contributed by atoms with Gasteiger partial charge in [-0.05, 0) is 12.8 Å². The van der Waals surface area contributed by atoms with Crippen LogP contribution in [0.25, 0.3) is 0 Å². The van der Waals surface area contributed by atoms with Crippen molar-refractivity contribution in [3.63, 3.8) is 0 Å². The highest BCUT2D eigenvalue weighted by molar-refractivity contribution is 5.88. The summed E-state index contributed by atoms with van der Waals surface area (Å²) in [7, 11) is 1.86. The monoisotopic (exact) mass is 222 g/mol. The Morgan fingerprint density at radius 2 is 2.56 bits per heavy atom. The molecule has 0 aromatic carbocycles. The number of carbonyl (C=O) groups excluding carboxylic acids is 1. The maximum Gasteiger partial charge on any atom is 0.337 e. The van der Waals surface area contributed by atoms with Gasteiger partial charge in [0, 0.05) is 19.4 Å². The molecule has 86 valence electrons. The third-order valence-electron chi connectivity index (χ3n) is 2.45. The van der Waals surface area contributed by atoms with Crippen LogP contribution in [-0.4, -0.2) is 22.1 Å². The summed E-state index contributed by atoms with van der Waals surface area (Å²) in [6.45, 7) is 0.871. The van der Waals surface area contributed by atoms with E-state index in [9.17, 15) is 4.79 Å². The van der Waals surface area contributed by atoms with E-state index in [2.05, 4.69) is 4.98 Å². The maximum absolute atomic E-state index is 11.6.